The van der Waals surface area contributed by atoms with Crippen LogP contribution < -0.4 is 4.90 Å². The van der Waals surface area contributed by atoms with Crippen molar-refractivity contribution in [1.29, 1.82) is 5.26 Å². The number of aryl methyl sites for hydroxylation is 1. The van der Waals surface area contributed by atoms with Gasteiger partial charge in [-0.05, 0) is 36.1 Å². The number of morpholine rings is 1. The summed E-state index contributed by atoms with van der Waals surface area (Å²) in [4.78, 5) is 2.09. The average molecular weight is 308 g/mol. The normalized spacial score (nSPS) is 22.9. The van der Waals surface area contributed by atoms with Gasteiger partial charge in [-0.25, -0.2) is 4.39 Å². The smallest absolute Gasteiger partial charge is 0.143 e. The summed E-state index contributed by atoms with van der Waals surface area (Å²) in [5.74, 6) is -0.461. The summed E-state index contributed by atoms with van der Waals surface area (Å²) >= 11 is 0. The minimum atomic E-state index is -0.461. The van der Waals surface area contributed by atoms with Crippen LogP contribution in [-0.4, -0.2) is 19.7 Å². The molecule has 1 saturated heterocycles. The molecule has 3 nitrogen and oxygen atoms in total. The molecular weight excluding hydrogens is 291 g/mol. The van der Waals surface area contributed by atoms with Crippen molar-refractivity contribution in [1.82, 2.24) is 0 Å². The second-order valence-corrected chi connectivity index (χ2v) is 6.17. The summed E-state index contributed by atoms with van der Waals surface area (Å²) in [6, 6.07) is 15.2. The van der Waals surface area contributed by atoms with Gasteiger partial charge in [-0.2, -0.15) is 5.26 Å². The van der Waals surface area contributed by atoms with Gasteiger partial charge in [-0.3, -0.25) is 0 Å². The van der Waals surface area contributed by atoms with Crippen molar-refractivity contribution >= 4 is 5.69 Å². The van der Waals surface area contributed by atoms with Gasteiger partial charge >= 0.3 is 0 Å². The average Bonchev–Trinajstić information content (AvgIpc) is 2.93. The fourth-order valence-electron chi connectivity index (χ4n) is 3.84. The summed E-state index contributed by atoms with van der Waals surface area (Å²) < 4.78 is 20.1. The lowest BCUT2D eigenvalue weighted by Gasteiger charge is -2.42. The first kappa shape index (κ1) is 14.2. The van der Waals surface area contributed by atoms with E-state index in [1.54, 1.807) is 6.07 Å². The highest BCUT2D eigenvalue weighted by atomic mass is 19.1. The number of hydrogen-bond acceptors (Lipinski definition) is 3. The van der Waals surface area contributed by atoms with Crippen LogP contribution in [0.4, 0.5) is 10.1 Å². The molecule has 4 rings (SSSR count). The quantitative estimate of drug-likeness (QED) is 0.810. The van der Waals surface area contributed by atoms with Crippen LogP contribution in [0.1, 0.15) is 23.1 Å². The summed E-state index contributed by atoms with van der Waals surface area (Å²) in [5, 5.41) is 9.30. The number of ether oxygens (including phenoxy) is 1. The molecule has 23 heavy (non-hydrogen) atoms. The van der Waals surface area contributed by atoms with E-state index in [4.69, 9.17) is 4.74 Å². The minimum Gasteiger partial charge on any atom is -0.367 e. The third kappa shape index (κ3) is 2.20. The standard InChI is InChI=1S/C19H17FN2O/c20-17-6-3-7-18(15(17)12-21)22-10-11-23-19(13-22)9-8-14-4-1-2-5-16(14)19/h1-7H,8-11,13H2. The van der Waals surface area contributed by atoms with E-state index in [1.165, 1.54) is 17.2 Å². The fraction of sp³-hybridized carbons (Fsp3) is 0.316. The Labute approximate surface area is 134 Å². The number of nitrogens with zero attached hydrogens (tertiary/aromatic N) is 2. The molecule has 2 aliphatic rings. The Hall–Kier alpha value is -2.38. The third-order valence-corrected chi connectivity index (χ3v) is 4.94. The van der Waals surface area contributed by atoms with E-state index in [0.717, 1.165) is 12.8 Å². The lowest BCUT2D eigenvalue weighted by molar-refractivity contribution is -0.0592. The van der Waals surface area contributed by atoms with Gasteiger partial charge in [0.05, 0.1) is 18.8 Å². The monoisotopic (exact) mass is 308 g/mol. The van der Waals surface area contributed by atoms with Gasteiger partial charge in [0.2, 0.25) is 0 Å². The van der Waals surface area contributed by atoms with Crippen LogP contribution in [0.3, 0.4) is 0 Å². The zero-order valence-electron chi connectivity index (χ0n) is 12.8. The van der Waals surface area contributed by atoms with Crippen molar-refractivity contribution in [3.05, 3.63) is 65.0 Å². The molecule has 1 aliphatic carbocycles. The molecule has 1 spiro atoms. The van der Waals surface area contributed by atoms with Crippen LogP contribution in [0.25, 0.3) is 0 Å². The number of nitriles is 1. The second kappa shape index (κ2) is 5.36. The molecule has 0 aromatic heterocycles. The molecule has 0 N–H and O–H groups in total. The van der Waals surface area contributed by atoms with Gasteiger partial charge in [0, 0.05) is 6.54 Å². The van der Waals surface area contributed by atoms with Gasteiger partial charge in [-0.15, -0.1) is 0 Å². The van der Waals surface area contributed by atoms with Crippen molar-refractivity contribution in [3.8, 4) is 6.07 Å². The van der Waals surface area contributed by atoms with Crippen LogP contribution in [0.15, 0.2) is 42.5 Å². The molecule has 0 bridgehead atoms. The van der Waals surface area contributed by atoms with Crippen LogP contribution in [0.2, 0.25) is 0 Å². The molecule has 4 heteroatoms. The Morgan fingerprint density at radius 3 is 2.91 bits per heavy atom. The van der Waals surface area contributed by atoms with Crippen molar-refractivity contribution in [3.63, 3.8) is 0 Å². The Bertz CT molecular complexity index is 794. The van der Waals surface area contributed by atoms with E-state index in [9.17, 15) is 9.65 Å². The number of benzene rings is 2. The van der Waals surface area contributed by atoms with E-state index in [1.807, 2.05) is 18.2 Å². The zero-order valence-corrected chi connectivity index (χ0v) is 12.8. The predicted molar refractivity (Wildman–Crippen MR) is 85.7 cm³/mol. The second-order valence-electron chi connectivity index (χ2n) is 6.17. The Morgan fingerprint density at radius 2 is 2.04 bits per heavy atom. The van der Waals surface area contributed by atoms with E-state index in [-0.39, 0.29) is 11.2 Å². The lowest BCUT2D eigenvalue weighted by Crippen LogP contribution is -2.49. The van der Waals surface area contributed by atoms with Crippen LogP contribution in [-0.2, 0) is 16.8 Å². The van der Waals surface area contributed by atoms with Crippen molar-refractivity contribution in [2.45, 2.75) is 18.4 Å². The molecule has 1 heterocycles. The maximum Gasteiger partial charge on any atom is 0.143 e. The van der Waals surface area contributed by atoms with Gasteiger partial charge in [-0.1, -0.05) is 30.3 Å². The van der Waals surface area contributed by atoms with Crippen LogP contribution >= 0.6 is 0 Å². The SMILES string of the molecule is N#Cc1c(F)cccc1N1CCOC2(CCc3ccccc32)C1. The molecule has 2 aromatic carbocycles. The van der Waals surface area contributed by atoms with Crippen molar-refractivity contribution < 1.29 is 9.13 Å². The molecule has 0 saturated carbocycles. The molecule has 1 fully saturated rings. The van der Waals surface area contributed by atoms with Crippen molar-refractivity contribution in [2.24, 2.45) is 0 Å². The first-order chi connectivity index (χ1) is 11.2. The Morgan fingerprint density at radius 1 is 1.17 bits per heavy atom. The molecule has 116 valence electrons. The van der Waals surface area contributed by atoms with Gasteiger partial charge in [0.25, 0.3) is 0 Å². The predicted octanol–water partition coefficient (Wildman–Crippen LogP) is 3.38. The largest absolute Gasteiger partial charge is 0.367 e. The fourth-order valence-corrected chi connectivity index (χ4v) is 3.84. The first-order valence-corrected chi connectivity index (χ1v) is 7.89. The highest BCUT2D eigenvalue weighted by molar-refractivity contribution is 5.60. The van der Waals surface area contributed by atoms with Crippen LogP contribution in [0, 0.1) is 17.1 Å². The lowest BCUT2D eigenvalue weighted by atomic mass is 9.93. The Balaban J connectivity index is 1.72. The molecule has 0 radical (unpaired) electrons. The molecular formula is C19H17FN2O. The van der Waals surface area contributed by atoms with Crippen LogP contribution in [0.5, 0.6) is 0 Å². The van der Waals surface area contributed by atoms with E-state index >= 15 is 0 Å². The topological polar surface area (TPSA) is 36.3 Å². The maximum absolute atomic E-state index is 13.9. The summed E-state index contributed by atoms with van der Waals surface area (Å²) in [5.41, 5.74) is 3.01. The van der Waals surface area contributed by atoms with E-state index in [2.05, 4.69) is 23.1 Å². The summed E-state index contributed by atoms with van der Waals surface area (Å²) in [6.45, 7) is 1.90. The number of rotatable bonds is 1. The van der Waals surface area contributed by atoms with Gasteiger partial charge in [0.15, 0.2) is 0 Å². The van der Waals surface area contributed by atoms with Crippen molar-refractivity contribution in [2.75, 3.05) is 24.6 Å². The number of fused-ring (bicyclic) bond motifs is 2. The number of halogens is 1. The van der Waals surface area contributed by atoms with Gasteiger partial charge in [0.1, 0.15) is 23.1 Å². The first-order valence-electron chi connectivity index (χ1n) is 7.89. The molecule has 1 aliphatic heterocycles. The maximum atomic E-state index is 13.9. The third-order valence-electron chi connectivity index (χ3n) is 4.94. The molecule has 1 unspecified atom stereocenters. The zero-order chi connectivity index (χ0) is 15.9. The van der Waals surface area contributed by atoms with E-state index in [0.29, 0.717) is 25.4 Å². The highest BCUT2D eigenvalue weighted by Crippen LogP contribution is 2.43. The number of anilines is 1. The molecule has 2 aromatic rings. The van der Waals surface area contributed by atoms with E-state index < -0.39 is 5.82 Å². The van der Waals surface area contributed by atoms with Gasteiger partial charge < -0.3 is 9.64 Å². The highest BCUT2D eigenvalue weighted by Gasteiger charge is 2.43. The molecule has 0 amide bonds. The minimum absolute atomic E-state index is 0.121. The number of hydrogen-bond donors (Lipinski definition) is 0. The Kier molecular flexibility index (Phi) is 3.32. The summed E-state index contributed by atoms with van der Waals surface area (Å²) in [6.07, 6.45) is 1.93. The summed E-state index contributed by atoms with van der Waals surface area (Å²) in [7, 11) is 0. The molecule has 1 atom stereocenters.